The third kappa shape index (κ3) is 5.92. The topological polar surface area (TPSA) is 37.8 Å². The standard InChI is InChI=1S/C9H12F3N3S/c1-7-4-15-8(6-14-7)5-13-2-3-16-9(10,11)12/h4,6,13H,2-3,5H2,1H3. The van der Waals surface area contributed by atoms with Gasteiger partial charge in [-0.3, -0.25) is 9.97 Å². The van der Waals surface area contributed by atoms with Crippen molar-refractivity contribution in [2.24, 2.45) is 0 Å². The van der Waals surface area contributed by atoms with Crippen LogP contribution in [0.4, 0.5) is 13.2 Å². The van der Waals surface area contributed by atoms with E-state index in [1.807, 2.05) is 6.92 Å². The Hall–Kier alpha value is -0.820. The number of thioether (sulfide) groups is 1. The Labute approximate surface area is 95.9 Å². The molecule has 3 nitrogen and oxygen atoms in total. The van der Waals surface area contributed by atoms with Crippen LogP contribution in [0.15, 0.2) is 12.4 Å². The quantitative estimate of drug-likeness (QED) is 0.813. The highest BCUT2D eigenvalue weighted by Crippen LogP contribution is 2.29. The Balaban J connectivity index is 2.14. The van der Waals surface area contributed by atoms with Gasteiger partial charge in [-0.05, 0) is 18.7 Å². The molecule has 0 saturated heterocycles. The summed E-state index contributed by atoms with van der Waals surface area (Å²) in [6.07, 6.45) is 3.24. The molecule has 0 unspecified atom stereocenters. The maximum atomic E-state index is 11.8. The van der Waals surface area contributed by atoms with Gasteiger partial charge in [0.1, 0.15) is 0 Å². The zero-order chi connectivity index (χ0) is 12.0. The number of halogens is 3. The SMILES string of the molecule is Cc1cnc(CNCCSC(F)(F)F)cn1. The van der Waals surface area contributed by atoms with Crippen LogP contribution in [0.25, 0.3) is 0 Å². The van der Waals surface area contributed by atoms with E-state index < -0.39 is 5.51 Å². The number of aromatic nitrogens is 2. The van der Waals surface area contributed by atoms with Crippen molar-refractivity contribution in [2.75, 3.05) is 12.3 Å². The molecule has 0 aliphatic carbocycles. The highest BCUT2D eigenvalue weighted by atomic mass is 32.2. The molecular formula is C9H12F3N3S. The second kappa shape index (κ2) is 6.05. The van der Waals surface area contributed by atoms with Crippen LogP contribution in [-0.2, 0) is 6.54 Å². The van der Waals surface area contributed by atoms with E-state index in [9.17, 15) is 13.2 Å². The van der Waals surface area contributed by atoms with Crippen LogP contribution in [0, 0.1) is 6.92 Å². The number of hydrogen-bond acceptors (Lipinski definition) is 4. The fourth-order valence-corrected chi connectivity index (χ4v) is 1.44. The van der Waals surface area contributed by atoms with Crippen LogP contribution in [0.3, 0.4) is 0 Å². The summed E-state index contributed by atoms with van der Waals surface area (Å²) in [6, 6.07) is 0. The number of rotatable bonds is 5. The van der Waals surface area contributed by atoms with Crippen molar-refractivity contribution in [2.45, 2.75) is 19.0 Å². The maximum absolute atomic E-state index is 11.8. The van der Waals surface area contributed by atoms with Crippen LogP contribution in [-0.4, -0.2) is 27.8 Å². The Morgan fingerprint density at radius 2 is 2.06 bits per heavy atom. The molecule has 0 radical (unpaired) electrons. The molecule has 0 aromatic carbocycles. The Morgan fingerprint density at radius 3 is 2.62 bits per heavy atom. The van der Waals surface area contributed by atoms with Gasteiger partial charge in [-0.25, -0.2) is 0 Å². The lowest BCUT2D eigenvalue weighted by Crippen LogP contribution is -2.19. The number of alkyl halides is 3. The van der Waals surface area contributed by atoms with E-state index >= 15 is 0 Å². The summed E-state index contributed by atoms with van der Waals surface area (Å²) >= 11 is -0.0274. The lowest BCUT2D eigenvalue weighted by Gasteiger charge is -2.06. The Bertz CT molecular complexity index is 313. The van der Waals surface area contributed by atoms with Crippen molar-refractivity contribution in [1.29, 1.82) is 0 Å². The van der Waals surface area contributed by atoms with Crippen molar-refractivity contribution < 1.29 is 13.2 Å². The molecule has 0 aliphatic rings. The first-order chi connectivity index (χ1) is 7.47. The molecule has 16 heavy (non-hydrogen) atoms. The van der Waals surface area contributed by atoms with E-state index in [0.29, 0.717) is 13.1 Å². The van der Waals surface area contributed by atoms with Crippen LogP contribution in [0.1, 0.15) is 11.4 Å². The fraction of sp³-hybridized carbons (Fsp3) is 0.556. The Morgan fingerprint density at radius 1 is 1.31 bits per heavy atom. The molecular weight excluding hydrogens is 239 g/mol. The second-order valence-corrected chi connectivity index (χ2v) is 4.28. The van der Waals surface area contributed by atoms with E-state index in [0.717, 1.165) is 11.4 Å². The van der Waals surface area contributed by atoms with Crippen LogP contribution in [0.2, 0.25) is 0 Å². The summed E-state index contributed by atoms with van der Waals surface area (Å²) in [5.41, 5.74) is -2.61. The molecule has 0 aliphatic heterocycles. The molecule has 0 atom stereocenters. The minimum atomic E-state index is -4.15. The number of aryl methyl sites for hydroxylation is 1. The molecule has 1 N–H and O–H groups in total. The van der Waals surface area contributed by atoms with Gasteiger partial charge in [0, 0.05) is 31.2 Å². The predicted octanol–water partition coefficient (Wildman–Crippen LogP) is 2.13. The molecule has 0 amide bonds. The van der Waals surface area contributed by atoms with E-state index in [4.69, 9.17) is 0 Å². The third-order valence-electron chi connectivity index (χ3n) is 1.69. The first-order valence-corrected chi connectivity index (χ1v) is 5.65. The van der Waals surface area contributed by atoms with E-state index in [2.05, 4.69) is 15.3 Å². The molecule has 7 heteroatoms. The minimum absolute atomic E-state index is 0.00277. The summed E-state index contributed by atoms with van der Waals surface area (Å²) in [5, 5.41) is 2.87. The lowest BCUT2D eigenvalue weighted by molar-refractivity contribution is -0.0327. The summed E-state index contributed by atoms with van der Waals surface area (Å²) in [7, 11) is 0. The first kappa shape index (κ1) is 13.2. The van der Waals surface area contributed by atoms with Crippen molar-refractivity contribution in [1.82, 2.24) is 15.3 Å². The van der Waals surface area contributed by atoms with Gasteiger partial charge in [-0.1, -0.05) is 0 Å². The third-order valence-corrected chi connectivity index (χ3v) is 2.42. The molecule has 0 fully saturated rings. The van der Waals surface area contributed by atoms with Gasteiger partial charge in [-0.15, -0.1) is 0 Å². The smallest absolute Gasteiger partial charge is 0.310 e. The molecule has 0 spiro atoms. The number of hydrogen-bond donors (Lipinski definition) is 1. The second-order valence-electron chi connectivity index (χ2n) is 3.12. The normalized spacial score (nSPS) is 11.8. The largest absolute Gasteiger partial charge is 0.441 e. The highest BCUT2D eigenvalue weighted by Gasteiger charge is 2.27. The zero-order valence-electron chi connectivity index (χ0n) is 8.71. The summed E-state index contributed by atoms with van der Waals surface area (Å²) in [6.45, 7) is 2.55. The van der Waals surface area contributed by atoms with Crippen LogP contribution in [0.5, 0.6) is 0 Å². The molecule has 0 bridgehead atoms. The summed E-state index contributed by atoms with van der Waals surface area (Å²) < 4.78 is 35.3. The van der Waals surface area contributed by atoms with Crippen LogP contribution >= 0.6 is 11.8 Å². The zero-order valence-corrected chi connectivity index (χ0v) is 9.53. The highest BCUT2D eigenvalue weighted by molar-refractivity contribution is 8.00. The lowest BCUT2D eigenvalue weighted by atomic mass is 10.4. The minimum Gasteiger partial charge on any atom is -0.310 e. The van der Waals surface area contributed by atoms with Crippen LogP contribution < -0.4 is 5.32 Å². The molecule has 1 aromatic heterocycles. The summed E-state index contributed by atoms with van der Waals surface area (Å²) in [5.74, 6) is 0.00277. The van der Waals surface area contributed by atoms with Gasteiger partial charge in [0.25, 0.3) is 0 Å². The van der Waals surface area contributed by atoms with Gasteiger partial charge >= 0.3 is 5.51 Å². The monoisotopic (exact) mass is 251 g/mol. The number of nitrogens with zero attached hydrogens (tertiary/aromatic N) is 2. The van der Waals surface area contributed by atoms with Gasteiger partial charge in [0.15, 0.2) is 0 Å². The van der Waals surface area contributed by atoms with Crippen molar-refractivity contribution in [3.8, 4) is 0 Å². The molecule has 1 rings (SSSR count). The van der Waals surface area contributed by atoms with Crippen molar-refractivity contribution in [3.05, 3.63) is 23.8 Å². The van der Waals surface area contributed by atoms with Gasteiger partial charge < -0.3 is 5.32 Å². The molecule has 1 heterocycles. The maximum Gasteiger partial charge on any atom is 0.441 e. The molecule has 1 aromatic rings. The Kier molecular flexibility index (Phi) is 5.01. The van der Waals surface area contributed by atoms with E-state index in [1.165, 1.54) is 0 Å². The van der Waals surface area contributed by atoms with Gasteiger partial charge in [0.2, 0.25) is 0 Å². The first-order valence-electron chi connectivity index (χ1n) is 4.66. The van der Waals surface area contributed by atoms with E-state index in [-0.39, 0.29) is 17.5 Å². The molecule has 0 saturated carbocycles. The average molecular weight is 251 g/mol. The summed E-state index contributed by atoms with van der Waals surface area (Å²) in [4.78, 5) is 8.10. The van der Waals surface area contributed by atoms with Gasteiger partial charge in [0.05, 0.1) is 11.4 Å². The average Bonchev–Trinajstić information content (AvgIpc) is 2.19. The van der Waals surface area contributed by atoms with Crippen molar-refractivity contribution in [3.63, 3.8) is 0 Å². The predicted molar refractivity (Wildman–Crippen MR) is 57.0 cm³/mol. The molecule has 90 valence electrons. The van der Waals surface area contributed by atoms with Gasteiger partial charge in [-0.2, -0.15) is 13.2 Å². The fourth-order valence-electron chi connectivity index (χ4n) is 0.966. The van der Waals surface area contributed by atoms with E-state index in [1.54, 1.807) is 12.4 Å². The number of nitrogens with one attached hydrogen (secondary N) is 1. The van der Waals surface area contributed by atoms with Crippen molar-refractivity contribution >= 4 is 11.8 Å².